The molecule has 1 heterocycles. The van der Waals surface area contributed by atoms with Gasteiger partial charge in [0.25, 0.3) is 0 Å². The van der Waals surface area contributed by atoms with Crippen LogP contribution in [0.15, 0.2) is 0 Å². The lowest BCUT2D eigenvalue weighted by Crippen LogP contribution is -2.65. The lowest BCUT2D eigenvalue weighted by molar-refractivity contribution is -0.153. The van der Waals surface area contributed by atoms with Gasteiger partial charge in [0.05, 0.1) is 6.10 Å². The van der Waals surface area contributed by atoms with E-state index < -0.39 is 12.1 Å². The van der Waals surface area contributed by atoms with E-state index in [9.17, 15) is 9.59 Å². The maximum absolute atomic E-state index is 12.4. The van der Waals surface area contributed by atoms with Crippen LogP contribution in [0.25, 0.3) is 0 Å². The summed E-state index contributed by atoms with van der Waals surface area (Å²) in [6.45, 7) is 10.8. The second kappa shape index (κ2) is 6.89. The molecule has 1 aliphatic rings. The Kier molecular flexibility index (Phi) is 5.79. The number of hydrogen-bond acceptors (Lipinski definition) is 3. The summed E-state index contributed by atoms with van der Waals surface area (Å²) >= 11 is 0. The van der Waals surface area contributed by atoms with Gasteiger partial charge in [-0.15, -0.1) is 0 Å². The third kappa shape index (κ3) is 3.69. The van der Waals surface area contributed by atoms with Crippen molar-refractivity contribution in [2.75, 3.05) is 13.2 Å². The molecule has 2 amide bonds. The van der Waals surface area contributed by atoms with Gasteiger partial charge in [0, 0.05) is 13.2 Å². The van der Waals surface area contributed by atoms with Gasteiger partial charge in [-0.05, 0) is 26.2 Å². The molecule has 0 aromatic carbocycles. The first-order chi connectivity index (χ1) is 8.92. The Labute approximate surface area is 115 Å². The van der Waals surface area contributed by atoms with Crippen molar-refractivity contribution in [1.82, 2.24) is 10.2 Å². The molecule has 0 bridgehead atoms. The number of hydrogen-bond donors (Lipinski definition) is 1. The maximum Gasteiger partial charge on any atom is 0.245 e. The van der Waals surface area contributed by atoms with Crippen molar-refractivity contribution >= 4 is 11.8 Å². The highest BCUT2D eigenvalue weighted by Crippen LogP contribution is 2.19. The normalized spacial score (nSPS) is 25.7. The second-order valence-electron chi connectivity index (χ2n) is 5.41. The number of ether oxygens (including phenoxy) is 1. The summed E-state index contributed by atoms with van der Waals surface area (Å²) < 4.78 is 5.50. The second-order valence-corrected chi connectivity index (χ2v) is 5.41. The monoisotopic (exact) mass is 270 g/mol. The summed E-state index contributed by atoms with van der Waals surface area (Å²) in [5.41, 5.74) is 0. The Morgan fingerprint density at radius 3 is 2.37 bits per heavy atom. The third-order valence-corrected chi connectivity index (χ3v) is 3.45. The number of piperazine rings is 1. The zero-order valence-electron chi connectivity index (χ0n) is 12.6. The molecular formula is C14H26N2O3. The van der Waals surface area contributed by atoms with Crippen LogP contribution in [0.1, 0.15) is 41.0 Å². The molecule has 110 valence electrons. The van der Waals surface area contributed by atoms with Crippen LogP contribution in [0, 0.1) is 5.92 Å². The molecular weight excluding hydrogens is 244 g/mol. The molecule has 1 fully saturated rings. The van der Waals surface area contributed by atoms with E-state index in [2.05, 4.69) is 5.32 Å². The molecule has 5 heteroatoms. The van der Waals surface area contributed by atoms with E-state index in [4.69, 9.17) is 4.74 Å². The van der Waals surface area contributed by atoms with E-state index in [0.717, 1.165) is 0 Å². The van der Waals surface area contributed by atoms with E-state index in [1.165, 1.54) is 0 Å². The van der Waals surface area contributed by atoms with E-state index in [1.807, 2.05) is 34.6 Å². The lowest BCUT2D eigenvalue weighted by Gasteiger charge is -2.41. The van der Waals surface area contributed by atoms with Crippen molar-refractivity contribution in [2.24, 2.45) is 5.92 Å². The Balaban J connectivity index is 2.89. The van der Waals surface area contributed by atoms with Gasteiger partial charge in [0.1, 0.15) is 12.1 Å². The summed E-state index contributed by atoms with van der Waals surface area (Å²) in [5, 5.41) is 2.81. The predicted molar refractivity (Wildman–Crippen MR) is 73.6 cm³/mol. The minimum Gasteiger partial charge on any atom is -0.377 e. The number of carbonyl (C=O) groups is 2. The first-order valence-electron chi connectivity index (χ1n) is 7.14. The van der Waals surface area contributed by atoms with Crippen LogP contribution >= 0.6 is 0 Å². The largest absolute Gasteiger partial charge is 0.377 e. The van der Waals surface area contributed by atoms with E-state index >= 15 is 0 Å². The van der Waals surface area contributed by atoms with Gasteiger partial charge >= 0.3 is 0 Å². The number of carbonyl (C=O) groups excluding carboxylic acids is 2. The van der Waals surface area contributed by atoms with Gasteiger partial charge in [-0.25, -0.2) is 0 Å². The average molecular weight is 270 g/mol. The zero-order valence-corrected chi connectivity index (χ0v) is 12.6. The molecule has 0 aromatic rings. The van der Waals surface area contributed by atoms with Crippen LogP contribution in [-0.2, 0) is 14.3 Å². The summed E-state index contributed by atoms with van der Waals surface area (Å²) in [5.74, 6) is 0.0492. The number of nitrogens with one attached hydrogen (secondary N) is 1. The van der Waals surface area contributed by atoms with Crippen molar-refractivity contribution in [2.45, 2.75) is 59.2 Å². The summed E-state index contributed by atoms with van der Waals surface area (Å²) in [4.78, 5) is 26.3. The van der Waals surface area contributed by atoms with Crippen molar-refractivity contribution in [1.29, 1.82) is 0 Å². The van der Waals surface area contributed by atoms with Crippen LogP contribution in [0.3, 0.4) is 0 Å². The highest BCUT2D eigenvalue weighted by Gasteiger charge is 2.41. The zero-order chi connectivity index (χ0) is 14.6. The third-order valence-electron chi connectivity index (χ3n) is 3.45. The molecule has 19 heavy (non-hydrogen) atoms. The van der Waals surface area contributed by atoms with Gasteiger partial charge < -0.3 is 15.0 Å². The molecule has 3 atom stereocenters. The van der Waals surface area contributed by atoms with Crippen LogP contribution in [-0.4, -0.2) is 48.1 Å². The molecule has 5 nitrogen and oxygen atoms in total. The highest BCUT2D eigenvalue weighted by atomic mass is 16.5. The highest BCUT2D eigenvalue weighted by molar-refractivity contribution is 5.97. The van der Waals surface area contributed by atoms with Gasteiger partial charge in [0.15, 0.2) is 0 Å². The number of nitrogens with zero attached hydrogens (tertiary/aromatic N) is 1. The SMILES string of the molecule is CCOC(C)CN1C(=O)C(CC)NC(=O)C1C(C)C. The molecule has 0 saturated carbocycles. The molecule has 3 unspecified atom stereocenters. The van der Waals surface area contributed by atoms with Crippen molar-refractivity contribution in [3.05, 3.63) is 0 Å². The lowest BCUT2D eigenvalue weighted by atomic mass is 9.96. The van der Waals surface area contributed by atoms with Crippen molar-refractivity contribution in [3.63, 3.8) is 0 Å². The number of rotatable bonds is 6. The molecule has 0 radical (unpaired) electrons. The Morgan fingerprint density at radius 2 is 1.89 bits per heavy atom. The Morgan fingerprint density at radius 1 is 1.26 bits per heavy atom. The molecule has 1 saturated heterocycles. The molecule has 1 N–H and O–H groups in total. The summed E-state index contributed by atoms with van der Waals surface area (Å²) in [6.07, 6.45) is 0.563. The molecule has 1 rings (SSSR count). The van der Waals surface area contributed by atoms with Crippen LogP contribution in [0.4, 0.5) is 0 Å². The van der Waals surface area contributed by atoms with E-state index in [0.29, 0.717) is 19.6 Å². The summed E-state index contributed by atoms with van der Waals surface area (Å²) in [7, 11) is 0. The van der Waals surface area contributed by atoms with Gasteiger partial charge in [-0.3, -0.25) is 9.59 Å². The van der Waals surface area contributed by atoms with Crippen molar-refractivity contribution in [3.8, 4) is 0 Å². The van der Waals surface area contributed by atoms with Gasteiger partial charge in [0.2, 0.25) is 11.8 Å². The maximum atomic E-state index is 12.4. The Hall–Kier alpha value is -1.10. The minimum absolute atomic E-state index is 0.00681. The minimum atomic E-state index is -0.392. The first kappa shape index (κ1) is 16.0. The molecule has 0 spiro atoms. The van der Waals surface area contributed by atoms with Gasteiger partial charge in [-0.2, -0.15) is 0 Å². The fourth-order valence-corrected chi connectivity index (χ4v) is 2.55. The van der Waals surface area contributed by atoms with Gasteiger partial charge in [-0.1, -0.05) is 20.8 Å². The fraction of sp³-hybridized carbons (Fsp3) is 0.857. The van der Waals surface area contributed by atoms with E-state index in [1.54, 1.807) is 4.90 Å². The standard InChI is InChI=1S/C14H26N2O3/c1-6-11-14(18)16(8-10(5)19-7-2)12(9(3)4)13(17)15-11/h9-12H,6-8H2,1-5H3,(H,15,17). The van der Waals surface area contributed by atoms with Crippen LogP contribution in [0.2, 0.25) is 0 Å². The molecule has 1 aliphatic heterocycles. The summed E-state index contributed by atoms with van der Waals surface area (Å²) in [6, 6.07) is -0.783. The van der Waals surface area contributed by atoms with Crippen LogP contribution < -0.4 is 5.32 Å². The number of amides is 2. The molecule has 0 aliphatic carbocycles. The topological polar surface area (TPSA) is 58.6 Å². The predicted octanol–water partition coefficient (Wildman–Crippen LogP) is 1.17. The first-order valence-corrected chi connectivity index (χ1v) is 7.14. The van der Waals surface area contributed by atoms with E-state index in [-0.39, 0.29) is 23.8 Å². The molecule has 0 aromatic heterocycles. The Bertz CT molecular complexity index is 331. The van der Waals surface area contributed by atoms with Crippen LogP contribution in [0.5, 0.6) is 0 Å². The smallest absolute Gasteiger partial charge is 0.245 e. The average Bonchev–Trinajstić information content (AvgIpc) is 2.33. The quantitative estimate of drug-likeness (QED) is 0.788. The van der Waals surface area contributed by atoms with Crippen molar-refractivity contribution < 1.29 is 14.3 Å². The fourth-order valence-electron chi connectivity index (χ4n) is 2.55.